The summed E-state index contributed by atoms with van der Waals surface area (Å²) >= 11 is 1.39. The molecule has 1 unspecified atom stereocenters. The van der Waals surface area contributed by atoms with Crippen LogP contribution in [0.25, 0.3) is 0 Å². The van der Waals surface area contributed by atoms with Crippen LogP contribution in [-0.2, 0) is 22.1 Å². The van der Waals surface area contributed by atoms with Crippen LogP contribution < -0.4 is 10.6 Å². The van der Waals surface area contributed by atoms with Gasteiger partial charge in [-0.15, -0.1) is 11.8 Å². The first kappa shape index (κ1) is 24.8. The molecule has 0 fully saturated rings. The number of hydrogen-bond donors (Lipinski definition) is 2. The topological polar surface area (TPSA) is 92.9 Å². The highest BCUT2D eigenvalue weighted by molar-refractivity contribution is 7.99. The van der Waals surface area contributed by atoms with Gasteiger partial charge in [0, 0.05) is 47.2 Å². The van der Waals surface area contributed by atoms with Gasteiger partial charge in [0.25, 0.3) is 0 Å². The van der Waals surface area contributed by atoms with Crippen LogP contribution in [0.15, 0.2) is 59.1 Å². The third-order valence-corrected chi connectivity index (χ3v) is 6.15. The number of aliphatic hydroxyl groups is 1. The van der Waals surface area contributed by atoms with Crippen molar-refractivity contribution in [2.45, 2.75) is 30.2 Å². The van der Waals surface area contributed by atoms with Crippen LogP contribution in [-0.4, -0.2) is 42.5 Å². The predicted octanol–water partition coefficient (Wildman–Crippen LogP) is 3.77. The van der Waals surface area contributed by atoms with E-state index in [9.17, 15) is 27.9 Å². The Kier molecular flexibility index (Phi) is 7.83. The molecule has 2 aromatic rings. The number of nitrogens with zero attached hydrogens (tertiary/aromatic N) is 1. The Hall–Kier alpha value is -2.82. The fourth-order valence-electron chi connectivity index (χ4n) is 3.34. The highest BCUT2D eigenvalue weighted by atomic mass is 32.2. The molecule has 0 saturated heterocycles. The lowest BCUT2D eigenvalue weighted by atomic mass is 10.0. The minimum atomic E-state index is -4.46. The van der Waals surface area contributed by atoms with Crippen LogP contribution in [0.2, 0.25) is 0 Å². The number of carbonyl (C=O) groups is 2. The molecule has 33 heavy (non-hydrogen) atoms. The number of methoxy groups -OCH3 is 1. The smallest absolute Gasteiger partial charge is 0.401 e. The molecule has 1 aliphatic heterocycles. The summed E-state index contributed by atoms with van der Waals surface area (Å²) in [7, 11) is 1.36. The number of halogens is 3. The van der Waals surface area contributed by atoms with Gasteiger partial charge in [0.1, 0.15) is 0 Å². The molecular formula is C23H23F3N2O4S. The molecule has 10 heteroatoms. The van der Waals surface area contributed by atoms with Gasteiger partial charge in [-0.1, -0.05) is 12.1 Å². The van der Waals surface area contributed by atoms with E-state index >= 15 is 0 Å². The lowest BCUT2D eigenvalue weighted by Gasteiger charge is -2.31. The molecule has 6 nitrogen and oxygen atoms in total. The number of fused-ring (bicyclic) bond motifs is 1. The van der Waals surface area contributed by atoms with E-state index in [-0.39, 0.29) is 23.7 Å². The summed E-state index contributed by atoms with van der Waals surface area (Å²) in [5, 5.41) is 9.74. The van der Waals surface area contributed by atoms with Crippen molar-refractivity contribution in [3.05, 3.63) is 70.9 Å². The number of thioether (sulfide) groups is 1. The minimum absolute atomic E-state index is 0.0383. The summed E-state index contributed by atoms with van der Waals surface area (Å²) in [5.74, 6) is -0.262. The lowest BCUT2D eigenvalue weighted by Crippen LogP contribution is -2.41. The Bertz CT molecular complexity index is 1050. The molecule has 2 aromatic carbocycles. The number of carbonyl (C=O) groups excluding carboxylic acids is 2. The fourth-order valence-corrected chi connectivity index (χ4v) is 4.15. The molecule has 1 amide bonds. The summed E-state index contributed by atoms with van der Waals surface area (Å²) in [5.41, 5.74) is 7.19. The molecular weight excluding hydrogens is 457 g/mol. The zero-order chi connectivity index (χ0) is 24.2. The molecule has 1 atom stereocenters. The van der Waals surface area contributed by atoms with Crippen molar-refractivity contribution in [2.75, 3.05) is 24.3 Å². The van der Waals surface area contributed by atoms with Crippen molar-refractivity contribution < 1.29 is 32.6 Å². The highest BCUT2D eigenvalue weighted by Gasteiger charge is 2.30. The van der Waals surface area contributed by atoms with Gasteiger partial charge in [0.15, 0.2) is 12.1 Å². The monoisotopic (exact) mass is 480 g/mol. The SMILES string of the molecule is COC(O)CN1C(=O)CCc2cc(SCC(N)=CC(=O)c3ccc(C(F)(F)F)cc3)ccc21. The largest absolute Gasteiger partial charge is 0.416 e. The molecule has 176 valence electrons. The first-order valence-electron chi connectivity index (χ1n) is 10.0. The molecule has 0 saturated carbocycles. The third kappa shape index (κ3) is 6.37. The molecule has 1 heterocycles. The van der Waals surface area contributed by atoms with Crippen LogP contribution >= 0.6 is 11.8 Å². The lowest BCUT2D eigenvalue weighted by molar-refractivity contribution is -0.137. The maximum Gasteiger partial charge on any atom is 0.416 e. The molecule has 3 N–H and O–H groups in total. The van der Waals surface area contributed by atoms with Crippen molar-refractivity contribution in [3.8, 4) is 0 Å². The Morgan fingerprint density at radius 3 is 2.58 bits per heavy atom. The van der Waals surface area contributed by atoms with E-state index in [0.29, 0.717) is 24.3 Å². The average Bonchev–Trinajstić information content (AvgIpc) is 2.78. The van der Waals surface area contributed by atoms with Gasteiger partial charge in [-0.2, -0.15) is 13.2 Å². The van der Waals surface area contributed by atoms with Crippen molar-refractivity contribution in [2.24, 2.45) is 5.73 Å². The number of nitrogens with two attached hydrogens (primary N) is 1. The number of rotatable bonds is 8. The Balaban J connectivity index is 1.64. The third-order valence-electron chi connectivity index (χ3n) is 5.08. The number of aliphatic hydroxyl groups excluding tert-OH is 1. The number of benzene rings is 2. The number of anilines is 1. The van der Waals surface area contributed by atoms with Gasteiger partial charge in [0.05, 0.1) is 12.1 Å². The number of amides is 1. The first-order valence-corrected chi connectivity index (χ1v) is 11.0. The Morgan fingerprint density at radius 2 is 1.94 bits per heavy atom. The molecule has 3 rings (SSSR count). The van der Waals surface area contributed by atoms with Crippen molar-refractivity contribution in [1.29, 1.82) is 0 Å². The van der Waals surface area contributed by atoms with Crippen LogP contribution in [0, 0.1) is 0 Å². The maximum absolute atomic E-state index is 12.7. The van der Waals surface area contributed by atoms with Gasteiger partial charge in [0.2, 0.25) is 5.91 Å². The summed E-state index contributed by atoms with van der Waals surface area (Å²) < 4.78 is 42.8. The number of ether oxygens (including phenoxy) is 1. The van der Waals surface area contributed by atoms with E-state index in [4.69, 9.17) is 10.5 Å². The number of ketones is 1. The van der Waals surface area contributed by atoms with Crippen LogP contribution in [0.4, 0.5) is 18.9 Å². The second-order valence-corrected chi connectivity index (χ2v) is 8.48. The Morgan fingerprint density at radius 1 is 1.24 bits per heavy atom. The molecule has 0 bridgehead atoms. The van der Waals surface area contributed by atoms with E-state index in [1.807, 2.05) is 12.1 Å². The fraction of sp³-hybridized carbons (Fsp3) is 0.304. The van der Waals surface area contributed by atoms with Gasteiger partial charge >= 0.3 is 6.18 Å². The zero-order valence-electron chi connectivity index (χ0n) is 17.8. The van der Waals surface area contributed by atoms with E-state index in [1.165, 1.54) is 29.8 Å². The van der Waals surface area contributed by atoms with Crippen LogP contribution in [0.3, 0.4) is 0 Å². The second-order valence-electron chi connectivity index (χ2n) is 7.43. The normalized spacial score (nSPS) is 15.4. The Labute approximate surface area is 193 Å². The minimum Gasteiger partial charge on any atom is -0.401 e. The van der Waals surface area contributed by atoms with Gasteiger partial charge < -0.3 is 20.5 Å². The average molecular weight is 481 g/mol. The van der Waals surface area contributed by atoms with Crippen molar-refractivity contribution in [1.82, 2.24) is 0 Å². The summed E-state index contributed by atoms with van der Waals surface area (Å²) in [4.78, 5) is 26.9. The molecule has 0 spiro atoms. The van der Waals surface area contributed by atoms with E-state index in [2.05, 4.69) is 0 Å². The molecule has 1 aliphatic rings. The first-order chi connectivity index (χ1) is 15.6. The maximum atomic E-state index is 12.7. The zero-order valence-corrected chi connectivity index (χ0v) is 18.6. The van der Waals surface area contributed by atoms with Crippen molar-refractivity contribution >= 4 is 29.1 Å². The van der Waals surface area contributed by atoms with Gasteiger partial charge in [-0.05, 0) is 42.3 Å². The summed E-state index contributed by atoms with van der Waals surface area (Å²) in [6.07, 6.45) is -3.45. The predicted molar refractivity (Wildman–Crippen MR) is 119 cm³/mol. The molecule has 0 aliphatic carbocycles. The number of allylic oxidation sites excluding steroid dienone is 1. The van der Waals surface area contributed by atoms with Crippen molar-refractivity contribution in [3.63, 3.8) is 0 Å². The second kappa shape index (κ2) is 10.4. The number of β-amino-alcohol motifs (C(OH)–C–C–N with tert-alkyl or cyclic N) is 1. The summed E-state index contributed by atoms with van der Waals surface area (Å²) in [6.45, 7) is 0.0383. The highest BCUT2D eigenvalue weighted by Crippen LogP contribution is 2.32. The van der Waals surface area contributed by atoms with E-state index in [0.717, 1.165) is 34.7 Å². The standard InChI is InChI=1S/C23H23F3N2O4S/c1-32-22(31)12-28-19-8-7-18(10-15(19)4-9-21(28)30)33-13-17(27)11-20(29)14-2-5-16(6-3-14)23(24,25)26/h2-3,5-8,10-11,22,31H,4,9,12-13,27H2,1H3. The van der Waals surface area contributed by atoms with E-state index < -0.39 is 23.8 Å². The molecule has 0 aromatic heterocycles. The van der Waals surface area contributed by atoms with Crippen LogP contribution in [0.5, 0.6) is 0 Å². The van der Waals surface area contributed by atoms with Crippen LogP contribution in [0.1, 0.15) is 27.9 Å². The van der Waals surface area contributed by atoms with E-state index in [1.54, 1.807) is 6.07 Å². The molecule has 0 radical (unpaired) electrons. The number of hydrogen-bond acceptors (Lipinski definition) is 6. The van der Waals surface area contributed by atoms with Gasteiger partial charge in [-0.25, -0.2) is 0 Å². The number of alkyl halides is 3. The van der Waals surface area contributed by atoms with Gasteiger partial charge in [-0.3, -0.25) is 9.59 Å². The summed E-state index contributed by atoms with van der Waals surface area (Å²) in [6, 6.07) is 9.52. The number of aryl methyl sites for hydroxylation is 1. The quantitative estimate of drug-likeness (QED) is 0.259.